The van der Waals surface area contributed by atoms with Gasteiger partial charge in [-0.25, -0.2) is 4.98 Å². The van der Waals surface area contributed by atoms with Crippen molar-refractivity contribution in [1.82, 2.24) is 10.3 Å². The van der Waals surface area contributed by atoms with Gasteiger partial charge in [-0.1, -0.05) is 18.2 Å². The number of para-hydroxylation sites is 1. The number of aromatic nitrogens is 1. The maximum Gasteiger partial charge on any atom is 0.199 e. The number of furan rings is 1. The number of thiazole rings is 1. The Morgan fingerprint density at radius 1 is 1.32 bits per heavy atom. The van der Waals surface area contributed by atoms with Gasteiger partial charge >= 0.3 is 0 Å². The summed E-state index contributed by atoms with van der Waals surface area (Å²) in [6, 6.07) is 7.88. The predicted molar refractivity (Wildman–Crippen MR) is 78.6 cm³/mol. The Balaban J connectivity index is 1.73. The van der Waals surface area contributed by atoms with Crippen LogP contribution in [0.1, 0.15) is 16.3 Å². The van der Waals surface area contributed by atoms with Crippen molar-refractivity contribution in [3.8, 4) is 0 Å². The molecule has 0 bridgehead atoms. The minimum atomic E-state index is 0.461. The Bertz CT molecular complexity index is 704. The SMILES string of the molecule is Cc1nc(CNCc2c(Cl)oc3ccccc23)cs1. The summed E-state index contributed by atoms with van der Waals surface area (Å²) in [4.78, 5) is 4.41. The number of hydrogen-bond acceptors (Lipinski definition) is 4. The van der Waals surface area contributed by atoms with E-state index in [-0.39, 0.29) is 0 Å². The number of nitrogens with zero attached hydrogens (tertiary/aromatic N) is 1. The Labute approximate surface area is 120 Å². The van der Waals surface area contributed by atoms with Gasteiger partial charge in [0.1, 0.15) is 5.58 Å². The fraction of sp³-hybridized carbons (Fsp3) is 0.214. The van der Waals surface area contributed by atoms with Crippen LogP contribution in [0.4, 0.5) is 0 Å². The second-order valence-corrected chi connectivity index (χ2v) is 5.72. The molecule has 0 saturated carbocycles. The molecular weight excluding hydrogens is 280 g/mol. The lowest BCUT2D eigenvalue weighted by atomic mass is 10.2. The molecule has 3 nitrogen and oxygen atoms in total. The highest BCUT2D eigenvalue weighted by Crippen LogP contribution is 2.29. The molecule has 0 spiro atoms. The van der Waals surface area contributed by atoms with Crippen LogP contribution in [0.3, 0.4) is 0 Å². The first-order valence-electron chi connectivity index (χ1n) is 6.01. The van der Waals surface area contributed by atoms with Gasteiger partial charge in [0.15, 0.2) is 5.22 Å². The molecule has 19 heavy (non-hydrogen) atoms. The molecule has 0 radical (unpaired) electrons. The third-order valence-corrected chi connectivity index (χ3v) is 4.05. The molecule has 0 fully saturated rings. The first kappa shape index (κ1) is 12.7. The number of fused-ring (bicyclic) bond motifs is 1. The summed E-state index contributed by atoms with van der Waals surface area (Å²) in [6.45, 7) is 3.42. The van der Waals surface area contributed by atoms with E-state index in [0.29, 0.717) is 11.8 Å². The smallest absolute Gasteiger partial charge is 0.199 e. The first-order valence-corrected chi connectivity index (χ1v) is 7.27. The molecule has 0 atom stereocenters. The van der Waals surface area contributed by atoms with E-state index >= 15 is 0 Å². The third kappa shape index (κ3) is 2.66. The number of rotatable bonds is 4. The van der Waals surface area contributed by atoms with E-state index in [2.05, 4.69) is 15.7 Å². The van der Waals surface area contributed by atoms with Gasteiger partial charge in [-0.3, -0.25) is 0 Å². The molecule has 0 amide bonds. The minimum absolute atomic E-state index is 0.461. The van der Waals surface area contributed by atoms with Crippen LogP contribution in [0.2, 0.25) is 5.22 Å². The van der Waals surface area contributed by atoms with E-state index < -0.39 is 0 Å². The molecule has 0 aliphatic carbocycles. The maximum atomic E-state index is 6.13. The number of benzene rings is 1. The van der Waals surface area contributed by atoms with Crippen molar-refractivity contribution in [2.45, 2.75) is 20.0 Å². The number of aryl methyl sites for hydroxylation is 1. The molecule has 5 heteroatoms. The predicted octanol–water partition coefficient (Wildman–Crippen LogP) is 4.14. The Kier molecular flexibility index (Phi) is 3.55. The van der Waals surface area contributed by atoms with Crippen LogP contribution in [0.25, 0.3) is 11.0 Å². The summed E-state index contributed by atoms with van der Waals surface area (Å²) in [5, 5.41) is 8.03. The van der Waals surface area contributed by atoms with Crippen LogP contribution < -0.4 is 5.32 Å². The van der Waals surface area contributed by atoms with Gasteiger partial charge in [0.2, 0.25) is 0 Å². The Hall–Kier alpha value is -1.36. The van der Waals surface area contributed by atoms with E-state index in [9.17, 15) is 0 Å². The molecule has 1 N–H and O–H groups in total. The van der Waals surface area contributed by atoms with Crippen molar-refractivity contribution in [3.05, 3.63) is 51.1 Å². The van der Waals surface area contributed by atoms with Crippen LogP contribution >= 0.6 is 22.9 Å². The zero-order chi connectivity index (χ0) is 13.2. The summed E-state index contributed by atoms with van der Waals surface area (Å²) in [5.74, 6) is 0. The largest absolute Gasteiger partial charge is 0.444 e. The van der Waals surface area contributed by atoms with Gasteiger partial charge in [0.05, 0.1) is 10.7 Å². The average molecular weight is 293 g/mol. The van der Waals surface area contributed by atoms with Gasteiger partial charge in [-0.15, -0.1) is 11.3 Å². The minimum Gasteiger partial charge on any atom is -0.444 e. The van der Waals surface area contributed by atoms with E-state index in [1.807, 2.05) is 31.2 Å². The topological polar surface area (TPSA) is 38.1 Å². The Morgan fingerprint density at radius 3 is 2.95 bits per heavy atom. The molecule has 1 aromatic carbocycles. The van der Waals surface area contributed by atoms with Crippen molar-refractivity contribution < 1.29 is 4.42 Å². The Morgan fingerprint density at radius 2 is 2.16 bits per heavy atom. The molecule has 98 valence electrons. The second-order valence-electron chi connectivity index (χ2n) is 4.31. The quantitative estimate of drug-likeness (QED) is 0.785. The van der Waals surface area contributed by atoms with Crippen molar-refractivity contribution in [2.24, 2.45) is 0 Å². The highest BCUT2D eigenvalue weighted by atomic mass is 35.5. The van der Waals surface area contributed by atoms with Gasteiger partial charge in [-0.05, 0) is 24.6 Å². The number of hydrogen-bond donors (Lipinski definition) is 1. The van der Waals surface area contributed by atoms with E-state index in [1.165, 1.54) is 0 Å². The van der Waals surface area contributed by atoms with E-state index in [4.69, 9.17) is 16.0 Å². The average Bonchev–Trinajstić information content (AvgIpc) is 2.94. The van der Waals surface area contributed by atoms with Crippen LogP contribution in [0, 0.1) is 6.92 Å². The molecule has 0 saturated heterocycles. The molecular formula is C14H13ClN2OS. The van der Waals surface area contributed by atoms with Crippen LogP contribution in [-0.4, -0.2) is 4.98 Å². The van der Waals surface area contributed by atoms with E-state index in [0.717, 1.165) is 33.8 Å². The fourth-order valence-corrected chi connectivity index (χ4v) is 2.90. The summed E-state index contributed by atoms with van der Waals surface area (Å²) in [6.07, 6.45) is 0. The highest BCUT2D eigenvalue weighted by Gasteiger charge is 2.11. The third-order valence-electron chi connectivity index (χ3n) is 2.92. The normalized spacial score (nSPS) is 11.3. The monoisotopic (exact) mass is 292 g/mol. The summed E-state index contributed by atoms with van der Waals surface area (Å²) >= 11 is 7.80. The molecule has 2 heterocycles. The fourth-order valence-electron chi connectivity index (χ4n) is 2.04. The molecule has 2 aromatic heterocycles. The van der Waals surface area contributed by atoms with Crippen molar-refractivity contribution >= 4 is 33.9 Å². The lowest BCUT2D eigenvalue weighted by molar-refractivity contribution is 0.603. The standard InChI is InChI=1S/C14H13ClN2OS/c1-9-17-10(8-19-9)6-16-7-12-11-4-2-3-5-13(11)18-14(12)15/h2-5,8,16H,6-7H2,1H3. The summed E-state index contributed by atoms with van der Waals surface area (Å²) in [5.41, 5.74) is 2.89. The molecule has 3 rings (SSSR count). The van der Waals surface area contributed by atoms with Crippen molar-refractivity contribution in [3.63, 3.8) is 0 Å². The molecule has 0 aliphatic rings. The van der Waals surface area contributed by atoms with Crippen molar-refractivity contribution in [2.75, 3.05) is 0 Å². The lowest BCUT2D eigenvalue weighted by Gasteiger charge is -2.01. The van der Waals surface area contributed by atoms with Crippen molar-refractivity contribution in [1.29, 1.82) is 0 Å². The zero-order valence-corrected chi connectivity index (χ0v) is 12.0. The van der Waals surface area contributed by atoms with E-state index in [1.54, 1.807) is 11.3 Å². The van der Waals surface area contributed by atoms with Gasteiger partial charge in [-0.2, -0.15) is 0 Å². The zero-order valence-electron chi connectivity index (χ0n) is 10.4. The van der Waals surface area contributed by atoms with Gasteiger partial charge < -0.3 is 9.73 Å². The van der Waals surface area contributed by atoms with Crippen LogP contribution in [0.5, 0.6) is 0 Å². The molecule has 0 unspecified atom stereocenters. The van der Waals surface area contributed by atoms with Gasteiger partial charge in [0, 0.05) is 29.4 Å². The van der Waals surface area contributed by atoms with Crippen LogP contribution in [0.15, 0.2) is 34.1 Å². The number of halogens is 1. The number of nitrogens with one attached hydrogen (secondary N) is 1. The second kappa shape index (κ2) is 5.33. The van der Waals surface area contributed by atoms with Gasteiger partial charge in [0.25, 0.3) is 0 Å². The molecule has 0 aliphatic heterocycles. The molecule has 3 aromatic rings. The highest BCUT2D eigenvalue weighted by molar-refractivity contribution is 7.09. The first-order chi connectivity index (χ1) is 9.24. The summed E-state index contributed by atoms with van der Waals surface area (Å²) in [7, 11) is 0. The lowest BCUT2D eigenvalue weighted by Crippen LogP contribution is -2.12. The van der Waals surface area contributed by atoms with Crippen LogP contribution in [-0.2, 0) is 13.1 Å². The summed E-state index contributed by atoms with van der Waals surface area (Å²) < 4.78 is 5.52. The maximum absolute atomic E-state index is 6.13.